The summed E-state index contributed by atoms with van der Waals surface area (Å²) in [5.41, 5.74) is 2.94. The molecule has 0 atom stereocenters. The number of hydrogen-bond donors (Lipinski definition) is 0. The molecular formula is C20H17N3S3. The molecule has 0 aliphatic carbocycles. The highest BCUT2D eigenvalue weighted by Gasteiger charge is 2.16. The Morgan fingerprint density at radius 2 is 1.19 bits per heavy atom. The van der Waals surface area contributed by atoms with Gasteiger partial charge >= 0.3 is 0 Å². The maximum absolute atomic E-state index is 9.74. The van der Waals surface area contributed by atoms with Gasteiger partial charge in [0.25, 0.3) is 0 Å². The lowest BCUT2D eigenvalue weighted by Crippen LogP contribution is -1.97. The lowest BCUT2D eigenvalue weighted by atomic mass is 10.2. The van der Waals surface area contributed by atoms with Gasteiger partial charge in [0.2, 0.25) is 0 Å². The molecule has 0 radical (unpaired) electrons. The lowest BCUT2D eigenvalue weighted by molar-refractivity contribution is 0.818. The summed E-state index contributed by atoms with van der Waals surface area (Å²) in [7, 11) is 0. The first-order valence-corrected chi connectivity index (χ1v) is 10.8. The number of aromatic nitrogens is 2. The van der Waals surface area contributed by atoms with Crippen LogP contribution in [0.3, 0.4) is 0 Å². The van der Waals surface area contributed by atoms with E-state index in [1.54, 1.807) is 0 Å². The van der Waals surface area contributed by atoms with Crippen LogP contribution in [0.1, 0.15) is 16.7 Å². The lowest BCUT2D eigenvalue weighted by Gasteiger charge is -2.10. The summed E-state index contributed by atoms with van der Waals surface area (Å²) in [5, 5.41) is 11.8. The average Bonchev–Trinajstić information content (AvgIpc) is 2.65. The van der Waals surface area contributed by atoms with Crippen LogP contribution in [0.25, 0.3) is 0 Å². The Kier molecular flexibility index (Phi) is 6.25. The molecule has 0 unspecified atom stereocenters. The second kappa shape index (κ2) is 8.63. The van der Waals surface area contributed by atoms with Crippen LogP contribution in [-0.2, 0) is 0 Å². The molecule has 130 valence electrons. The first kappa shape index (κ1) is 18.8. The van der Waals surface area contributed by atoms with Crippen molar-refractivity contribution >= 4 is 35.3 Å². The minimum absolute atomic E-state index is 0.527. The molecule has 3 nitrogen and oxygen atoms in total. The van der Waals surface area contributed by atoms with E-state index in [0.717, 1.165) is 9.79 Å². The van der Waals surface area contributed by atoms with Crippen LogP contribution in [0.4, 0.5) is 0 Å². The number of nitrogens with zero attached hydrogens (tertiary/aromatic N) is 3. The van der Waals surface area contributed by atoms with Crippen molar-refractivity contribution in [2.45, 2.75) is 38.8 Å². The third kappa shape index (κ3) is 4.61. The minimum atomic E-state index is 0.527. The molecule has 0 N–H and O–H groups in total. The van der Waals surface area contributed by atoms with Crippen LogP contribution in [0, 0.1) is 25.2 Å². The van der Waals surface area contributed by atoms with Crippen LogP contribution >= 0.6 is 35.3 Å². The number of aryl methyl sites for hydroxylation is 2. The highest BCUT2D eigenvalue weighted by Crippen LogP contribution is 2.37. The molecule has 6 heteroatoms. The predicted octanol–water partition coefficient (Wildman–Crippen LogP) is 5.99. The van der Waals surface area contributed by atoms with Crippen LogP contribution in [-0.4, -0.2) is 16.2 Å². The standard InChI is InChI=1S/C20H17N3S3/c1-13-4-8-15(9-5-13)25-18-17(12-21)19(23-20(22-18)24-3)26-16-10-6-14(2)7-11-16/h4-11H,1-3H3. The van der Waals surface area contributed by atoms with Crippen molar-refractivity contribution < 1.29 is 0 Å². The Bertz CT molecular complexity index is 877. The van der Waals surface area contributed by atoms with E-state index >= 15 is 0 Å². The molecule has 0 spiro atoms. The van der Waals surface area contributed by atoms with Crippen molar-refractivity contribution in [2.75, 3.05) is 6.26 Å². The molecule has 0 saturated carbocycles. The summed E-state index contributed by atoms with van der Waals surface area (Å²) in [6.07, 6.45) is 1.95. The number of benzene rings is 2. The third-order valence-electron chi connectivity index (χ3n) is 3.59. The van der Waals surface area contributed by atoms with Crippen LogP contribution in [0.2, 0.25) is 0 Å². The fourth-order valence-corrected chi connectivity index (χ4v) is 4.46. The highest BCUT2D eigenvalue weighted by atomic mass is 32.2. The zero-order valence-corrected chi connectivity index (χ0v) is 17.1. The molecule has 2 aromatic carbocycles. The number of nitriles is 1. The van der Waals surface area contributed by atoms with Crippen LogP contribution in [0.5, 0.6) is 0 Å². The molecule has 3 aromatic rings. The Hall–Kier alpha value is -1.94. The van der Waals surface area contributed by atoms with E-state index in [0.29, 0.717) is 20.8 Å². The summed E-state index contributed by atoms with van der Waals surface area (Å²) in [6, 6.07) is 18.8. The van der Waals surface area contributed by atoms with Gasteiger partial charge in [0, 0.05) is 9.79 Å². The maximum Gasteiger partial charge on any atom is 0.189 e. The Labute approximate surface area is 166 Å². The van der Waals surface area contributed by atoms with E-state index in [1.807, 2.05) is 6.26 Å². The summed E-state index contributed by atoms with van der Waals surface area (Å²) >= 11 is 4.49. The molecule has 0 saturated heterocycles. The van der Waals surface area contributed by atoms with Gasteiger partial charge in [-0.2, -0.15) is 5.26 Å². The quantitative estimate of drug-likeness (QED) is 0.300. The van der Waals surface area contributed by atoms with E-state index < -0.39 is 0 Å². The Morgan fingerprint density at radius 1 is 0.769 bits per heavy atom. The van der Waals surface area contributed by atoms with Crippen LogP contribution < -0.4 is 0 Å². The molecule has 0 amide bonds. The first-order chi connectivity index (χ1) is 12.6. The zero-order chi connectivity index (χ0) is 18.5. The van der Waals surface area contributed by atoms with Crippen molar-refractivity contribution in [2.24, 2.45) is 0 Å². The second-order valence-electron chi connectivity index (χ2n) is 5.64. The van der Waals surface area contributed by atoms with Gasteiger partial charge in [-0.1, -0.05) is 70.7 Å². The number of thioether (sulfide) groups is 1. The van der Waals surface area contributed by atoms with Gasteiger partial charge in [-0.15, -0.1) is 0 Å². The van der Waals surface area contributed by atoms with E-state index in [4.69, 9.17) is 0 Å². The topological polar surface area (TPSA) is 49.6 Å². The van der Waals surface area contributed by atoms with E-state index in [9.17, 15) is 5.26 Å². The average molecular weight is 396 g/mol. The fourth-order valence-electron chi connectivity index (χ4n) is 2.17. The summed E-state index contributed by atoms with van der Waals surface area (Å²) in [5.74, 6) is 0. The molecule has 1 heterocycles. The summed E-state index contributed by atoms with van der Waals surface area (Å²) in [4.78, 5) is 11.3. The second-order valence-corrected chi connectivity index (χ2v) is 8.54. The highest BCUT2D eigenvalue weighted by molar-refractivity contribution is 8.00. The van der Waals surface area contributed by atoms with E-state index in [-0.39, 0.29) is 0 Å². The van der Waals surface area contributed by atoms with Crippen molar-refractivity contribution in [3.8, 4) is 6.07 Å². The van der Waals surface area contributed by atoms with E-state index in [2.05, 4.69) is 78.4 Å². The van der Waals surface area contributed by atoms with Gasteiger partial charge in [-0.3, -0.25) is 0 Å². The maximum atomic E-state index is 9.74. The van der Waals surface area contributed by atoms with Gasteiger partial charge in [-0.25, -0.2) is 9.97 Å². The summed E-state index contributed by atoms with van der Waals surface area (Å²) in [6.45, 7) is 4.12. The molecule has 0 fully saturated rings. The largest absolute Gasteiger partial charge is 0.214 e. The molecule has 0 aliphatic heterocycles. The molecule has 0 bridgehead atoms. The van der Waals surface area contributed by atoms with Crippen LogP contribution in [0.15, 0.2) is 73.5 Å². The zero-order valence-electron chi connectivity index (χ0n) is 14.7. The number of rotatable bonds is 5. The van der Waals surface area contributed by atoms with Crippen molar-refractivity contribution in [3.05, 3.63) is 65.2 Å². The number of hydrogen-bond acceptors (Lipinski definition) is 6. The first-order valence-electron chi connectivity index (χ1n) is 7.94. The van der Waals surface area contributed by atoms with Gasteiger partial charge in [0.1, 0.15) is 21.7 Å². The summed E-state index contributed by atoms with van der Waals surface area (Å²) < 4.78 is 0. The minimum Gasteiger partial charge on any atom is -0.214 e. The Balaban J connectivity index is 1.99. The molecular weight excluding hydrogens is 378 g/mol. The van der Waals surface area contributed by atoms with E-state index in [1.165, 1.54) is 46.4 Å². The molecule has 3 rings (SSSR count). The van der Waals surface area contributed by atoms with Crippen molar-refractivity contribution in [1.82, 2.24) is 9.97 Å². The van der Waals surface area contributed by atoms with Gasteiger partial charge in [0.05, 0.1) is 0 Å². The van der Waals surface area contributed by atoms with Crippen molar-refractivity contribution in [1.29, 1.82) is 5.26 Å². The normalized spacial score (nSPS) is 10.5. The predicted molar refractivity (Wildman–Crippen MR) is 109 cm³/mol. The molecule has 26 heavy (non-hydrogen) atoms. The third-order valence-corrected chi connectivity index (χ3v) is 6.13. The monoisotopic (exact) mass is 395 g/mol. The Morgan fingerprint density at radius 3 is 1.54 bits per heavy atom. The van der Waals surface area contributed by atoms with Crippen molar-refractivity contribution in [3.63, 3.8) is 0 Å². The van der Waals surface area contributed by atoms with Gasteiger partial charge < -0.3 is 0 Å². The smallest absolute Gasteiger partial charge is 0.189 e. The van der Waals surface area contributed by atoms with Gasteiger partial charge in [0.15, 0.2) is 5.16 Å². The molecule has 0 aliphatic rings. The SMILES string of the molecule is CSc1nc(Sc2ccc(C)cc2)c(C#N)c(Sc2ccc(C)cc2)n1. The molecule has 1 aromatic heterocycles. The fraction of sp³-hybridized carbons (Fsp3) is 0.150. The van der Waals surface area contributed by atoms with Gasteiger partial charge in [-0.05, 0) is 44.4 Å².